The molecule has 0 bridgehead atoms. The Morgan fingerprint density at radius 2 is 1.83 bits per heavy atom. The van der Waals surface area contributed by atoms with E-state index in [1.165, 1.54) is 4.90 Å². The molecule has 1 N–H and O–H groups in total. The zero-order valence-electron chi connectivity index (χ0n) is 18.6. The van der Waals surface area contributed by atoms with Crippen molar-refractivity contribution in [3.63, 3.8) is 0 Å². The third kappa shape index (κ3) is 4.93. The fraction of sp³-hybridized carbons (Fsp3) is 0.417. The van der Waals surface area contributed by atoms with Crippen molar-refractivity contribution < 1.29 is 19.1 Å². The number of amides is 2. The molecule has 0 radical (unpaired) electrons. The van der Waals surface area contributed by atoms with Crippen LogP contribution in [0.4, 0.5) is 5.69 Å². The molecule has 0 saturated heterocycles. The molecule has 2 aromatic carbocycles. The number of ether oxygens (including phenoxy) is 2. The fourth-order valence-electron chi connectivity index (χ4n) is 3.81. The number of anilines is 1. The number of nitrogens with one attached hydrogen (secondary N) is 1. The van der Waals surface area contributed by atoms with Crippen LogP contribution in [0.1, 0.15) is 36.1 Å². The van der Waals surface area contributed by atoms with Crippen LogP contribution in [0.3, 0.4) is 0 Å². The summed E-state index contributed by atoms with van der Waals surface area (Å²) in [6.45, 7) is 9.77. The van der Waals surface area contributed by atoms with E-state index in [9.17, 15) is 9.59 Å². The van der Waals surface area contributed by atoms with Gasteiger partial charge in [0.05, 0.1) is 6.54 Å². The summed E-state index contributed by atoms with van der Waals surface area (Å²) in [5.74, 6) is 0.722. The lowest BCUT2D eigenvalue weighted by Gasteiger charge is -2.20. The Balaban J connectivity index is 1.56. The van der Waals surface area contributed by atoms with Crippen LogP contribution < -0.4 is 14.8 Å². The molecule has 1 heterocycles. The van der Waals surface area contributed by atoms with Gasteiger partial charge >= 0.3 is 0 Å². The highest BCUT2D eigenvalue weighted by molar-refractivity contribution is 5.95. The van der Waals surface area contributed by atoms with Crippen molar-refractivity contribution in [2.24, 2.45) is 0 Å². The molecule has 160 valence electrons. The molecular formula is C24H30N2O4. The van der Waals surface area contributed by atoms with Gasteiger partial charge in [-0.05, 0) is 51.8 Å². The van der Waals surface area contributed by atoms with Crippen molar-refractivity contribution in [1.29, 1.82) is 0 Å². The number of fused-ring (bicyclic) bond motifs is 1. The highest BCUT2D eigenvalue weighted by atomic mass is 16.5. The highest BCUT2D eigenvalue weighted by Gasteiger charge is 2.32. The molecule has 30 heavy (non-hydrogen) atoms. The van der Waals surface area contributed by atoms with Gasteiger partial charge < -0.3 is 19.7 Å². The molecule has 3 rings (SSSR count). The quantitative estimate of drug-likeness (QED) is 0.787. The molecule has 0 fully saturated rings. The second kappa shape index (κ2) is 8.38. The van der Waals surface area contributed by atoms with Gasteiger partial charge in [-0.1, -0.05) is 29.8 Å². The molecule has 1 aliphatic heterocycles. The molecule has 1 aliphatic rings. The van der Waals surface area contributed by atoms with Gasteiger partial charge in [-0.3, -0.25) is 9.59 Å². The number of benzene rings is 2. The van der Waals surface area contributed by atoms with E-state index in [2.05, 4.69) is 5.32 Å². The lowest BCUT2D eigenvalue weighted by molar-refractivity contribution is -0.135. The van der Waals surface area contributed by atoms with Crippen LogP contribution in [-0.2, 0) is 16.0 Å². The van der Waals surface area contributed by atoms with Crippen LogP contribution in [0.5, 0.6) is 11.5 Å². The topological polar surface area (TPSA) is 67.9 Å². The lowest BCUT2D eigenvalue weighted by Crippen LogP contribution is -2.37. The molecule has 0 aliphatic carbocycles. The zero-order chi connectivity index (χ0) is 22.1. The van der Waals surface area contributed by atoms with E-state index >= 15 is 0 Å². The van der Waals surface area contributed by atoms with Crippen LogP contribution in [0.2, 0.25) is 0 Å². The van der Waals surface area contributed by atoms with Gasteiger partial charge in [-0.25, -0.2) is 0 Å². The molecular weight excluding hydrogens is 380 g/mol. The van der Waals surface area contributed by atoms with Gasteiger partial charge in [0.2, 0.25) is 5.91 Å². The van der Waals surface area contributed by atoms with E-state index in [0.29, 0.717) is 11.5 Å². The van der Waals surface area contributed by atoms with Crippen LogP contribution in [-0.4, -0.2) is 42.5 Å². The molecule has 0 unspecified atom stereocenters. The Morgan fingerprint density at radius 3 is 2.50 bits per heavy atom. The van der Waals surface area contributed by atoms with E-state index in [1.54, 1.807) is 13.1 Å². The van der Waals surface area contributed by atoms with Crippen LogP contribution in [0.15, 0.2) is 30.3 Å². The van der Waals surface area contributed by atoms with Gasteiger partial charge in [0, 0.05) is 24.7 Å². The molecule has 2 aromatic rings. The van der Waals surface area contributed by atoms with Crippen LogP contribution >= 0.6 is 0 Å². The number of para-hydroxylation sites is 1. The number of carbonyl (C=O) groups excluding carboxylic acids is 2. The minimum Gasteiger partial charge on any atom is -0.483 e. The van der Waals surface area contributed by atoms with Crippen molar-refractivity contribution in [3.05, 3.63) is 52.6 Å². The maximum atomic E-state index is 12.5. The summed E-state index contributed by atoms with van der Waals surface area (Å²) < 4.78 is 11.7. The minimum absolute atomic E-state index is 0.0502. The molecule has 0 atom stereocenters. The van der Waals surface area contributed by atoms with E-state index in [1.807, 2.05) is 58.9 Å². The summed E-state index contributed by atoms with van der Waals surface area (Å²) in [4.78, 5) is 26.3. The largest absolute Gasteiger partial charge is 0.483 e. The molecule has 0 aromatic heterocycles. The molecule has 2 amide bonds. The lowest BCUT2D eigenvalue weighted by atomic mass is 10.0. The average Bonchev–Trinajstić information content (AvgIpc) is 2.96. The summed E-state index contributed by atoms with van der Waals surface area (Å²) in [6.07, 6.45) is 0.797. The first-order valence-corrected chi connectivity index (χ1v) is 10.1. The van der Waals surface area contributed by atoms with Crippen molar-refractivity contribution >= 4 is 17.5 Å². The number of nitrogens with zero attached hydrogens (tertiary/aromatic N) is 1. The zero-order valence-corrected chi connectivity index (χ0v) is 18.6. The number of hydrogen-bond donors (Lipinski definition) is 1. The van der Waals surface area contributed by atoms with E-state index in [-0.39, 0.29) is 30.6 Å². The molecule has 6 heteroatoms. The maximum absolute atomic E-state index is 12.5. The number of carbonyl (C=O) groups is 2. The Bertz CT molecular complexity index is 958. The Morgan fingerprint density at radius 1 is 1.17 bits per heavy atom. The fourth-order valence-corrected chi connectivity index (χ4v) is 3.81. The summed E-state index contributed by atoms with van der Waals surface area (Å²) >= 11 is 0. The Hall–Kier alpha value is -3.02. The van der Waals surface area contributed by atoms with Gasteiger partial charge in [0.25, 0.3) is 5.91 Å². The third-order valence-corrected chi connectivity index (χ3v) is 5.15. The summed E-state index contributed by atoms with van der Waals surface area (Å²) in [5, 5.41) is 2.91. The minimum atomic E-state index is -0.285. The highest BCUT2D eigenvalue weighted by Crippen LogP contribution is 2.41. The van der Waals surface area contributed by atoms with Gasteiger partial charge in [-0.15, -0.1) is 0 Å². The molecule has 0 saturated carbocycles. The van der Waals surface area contributed by atoms with Crippen molar-refractivity contribution in [2.45, 2.75) is 46.6 Å². The normalized spacial score (nSPS) is 13.9. The van der Waals surface area contributed by atoms with Crippen molar-refractivity contribution in [1.82, 2.24) is 4.90 Å². The maximum Gasteiger partial charge on any atom is 0.260 e. The smallest absolute Gasteiger partial charge is 0.260 e. The third-order valence-electron chi connectivity index (χ3n) is 5.15. The standard InChI is InChI=1S/C24H30N2O4/c1-15-10-16(2)22(17(3)11-15)25-20(27)13-26(6)21(28)14-29-19-9-7-8-18-12-24(4,5)30-23(18)19/h7-11H,12-14H2,1-6H3,(H,25,27). The Labute approximate surface area is 178 Å². The second-order valence-electron chi connectivity index (χ2n) is 8.64. The predicted molar refractivity (Wildman–Crippen MR) is 117 cm³/mol. The first-order valence-electron chi connectivity index (χ1n) is 10.1. The first-order chi connectivity index (χ1) is 14.1. The predicted octanol–water partition coefficient (Wildman–Crippen LogP) is 3.80. The number of hydrogen-bond acceptors (Lipinski definition) is 4. The SMILES string of the molecule is Cc1cc(C)c(NC(=O)CN(C)C(=O)COc2cccc3c2OC(C)(C)C3)c(C)c1. The monoisotopic (exact) mass is 410 g/mol. The molecule has 6 nitrogen and oxygen atoms in total. The van der Waals surface area contributed by atoms with E-state index in [4.69, 9.17) is 9.47 Å². The van der Waals surface area contributed by atoms with E-state index < -0.39 is 0 Å². The number of likely N-dealkylation sites (N-methyl/N-ethyl adjacent to an activating group) is 1. The summed E-state index contributed by atoms with van der Waals surface area (Å²) in [5.41, 5.74) is 4.72. The first kappa shape index (κ1) is 21.7. The van der Waals surface area contributed by atoms with Gasteiger partial charge in [-0.2, -0.15) is 0 Å². The summed E-state index contributed by atoms with van der Waals surface area (Å²) in [7, 11) is 1.59. The van der Waals surface area contributed by atoms with Gasteiger partial charge in [0.15, 0.2) is 18.1 Å². The summed E-state index contributed by atoms with van der Waals surface area (Å²) in [6, 6.07) is 9.74. The van der Waals surface area contributed by atoms with E-state index in [0.717, 1.165) is 34.4 Å². The van der Waals surface area contributed by atoms with Crippen LogP contribution in [0.25, 0.3) is 0 Å². The molecule has 0 spiro atoms. The van der Waals surface area contributed by atoms with Crippen molar-refractivity contribution in [2.75, 3.05) is 25.5 Å². The number of rotatable bonds is 6. The van der Waals surface area contributed by atoms with Gasteiger partial charge in [0.1, 0.15) is 5.60 Å². The second-order valence-corrected chi connectivity index (χ2v) is 8.64. The average molecular weight is 411 g/mol. The van der Waals surface area contributed by atoms with Crippen LogP contribution in [0, 0.1) is 20.8 Å². The Kier molecular flexibility index (Phi) is 6.06. The number of aryl methyl sites for hydroxylation is 3. The van der Waals surface area contributed by atoms with Crippen molar-refractivity contribution in [3.8, 4) is 11.5 Å².